The second-order valence-corrected chi connectivity index (χ2v) is 8.18. The van der Waals surface area contributed by atoms with Gasteiger partial charge in [0.15, 0.2) is 0 Å². The van der Waals surface area contributed by atoms with Crippen molar-refractivity contribution in [1.82, 2.24) is 9.55 Å². The summed E-state index contributed by atoms with van der Waals surface area (Å²) in [6.07, 6.45) is 6.00. The van der Waals surface area contributed by atoms with Gasteiger partial charge < -0.3 is 15.0 Å². The maximum Gasteiger partial charge on any atom is 1.00 e. The first-order valence-corrected chi connectivity index (χ1v) is 11.0. The Labute approximate surface area is 208 Å². The van der Waals surface area contributed by atoms with Gasteiger partial charge in [-0.15, -0.1) is 11.3 Å². The van der Waals surface area contributed by atoms with Crippen molar-refractivity contribution in [3.05, 3.63) is 61.7 Å². The number of aryl methyl sites for hydroxylation is 3. The van der Waals surface area contributed by atoms with Crippen molar-refractivity contribution in [2.45, 2.75) is 46.5 Å². The maximum absolute atomic E-state index is 12.8. The number of carbonyl (C=O) groups is 1. The molecule has 0 saturated carbocycles. The van der Waals surface area contributed by atoms with Gasteiger partial charge in [-0.25, -0.2) is 0 Å². The van der Waals surface area contributed by atoms with Crippen molar-refractivity contribution in [2.24, 2.45) is 7.05 Å². The number of aromatic nitrogens is 2. The van der Waals surface area contributed by atoms with Crippen LogP contribution in [-0.2, 0) is 19.9 Å². The molecule has 2 aromatic heterocycles. The van der Waals surface area contributed by atoms with E-state index in [1.165, 1.54) is 41.1 Å². The van der Waals surface area contributed by atoms with Gasteiger partial charge in [0.05, 0.1) is 16.5 Å². The van der Waals surface area contributed by atoms with E-state index in [-0.39, 0.29) is 35.5 Å². The fourth-order valence-corrected chi connectivity index (χ4v) is 4.69. The van der Waals surface area contributed by atoms with Crippen LogP contribution < -0.4 is 45.5 Å². The molecule has 1 aliphatic carbocycles. The van der Waals surface area contributed by atoms with Crippen LogP contribution in [-0.4, -0.2) is 15.5 Å². The summed E-state index contributed by atoms with van der Waals surface area (Å²) in [4.78, 5) is 30.3. The third-order valence-corrected chi connectivity index (χ3v) is 6.36. The van der Waals surface area contributed by atoms with Crippen LogP contribution in [0.25, 0.3) is 11.3 Å². The van der Waals surface area contributed by atoms with E-state index in [9.17, 15) is 14.7 Å². The predicted molar refractivity (Wildman–Crippen MR) is 119 cm³/mol. The summed E-state index contributed by atoms with van der Waals surface area (Å²) in [6, 6.07) is 7.45. The van der Waals surface area contributed by atoms with Crippen LogP contribution in [0, 0.1) is 6.92 Å². The van der Waals surface area contributed by atoms with Crippen LogP contribution in [0.2, 0.25) is 0 Å². The SMILES string of the molecule is CC.Cc1c(NC(=O)c2cc3c(s2)CCCC3)cccc1-c1cn(C)c(=O)c([O-])n1.[Na+]. The molecule has 0 radical (unpaired) electrons. The first kappa shape index (κ1) is 25.3. The molecule has 158 valence electrons. The zero-order chi connectivity index (χ0) is 21.8. The molecule has 8 heteroatoms. The molecule has 0 saturated heterocycles. The van der Waals surface area contributed by atoms with Crippen molar-refractivity contribution in [2.75, 3.05) is 5.32 Å². The summed E-state index contributed by atoms with van der Waals surface area (Å²) in [6.45, 7) is 5.86. The molecule has 1 N–H and O–H groups in total. The van der Waals surface area contributed by atoms with Gasteiger partial charge in [0, 0.05) is 29.4 Å². The van der Waals surface area contributed by atoms with Crippen LogP contribution >= 0.6 is 11.3 Å². The molecule has 31 heavy (non-hydrogen) atoms. The summed E-state index contributed by atoms with van der Waals surface area (Å²) in [7, 11) is 1.52. The quantitative estimate of drug-likeness (QED) is 0.608. The standard InChI is InChI=1S/C21H21N3O3S.C2H6.Na/c1-12-14(16-11-24(2)21(27)20(26)23-16)7-5-8-15(12)22-19(25)18-10-13-6-3-4-9-17(13)28-18;1-2;/h5,7-8,10-11H,3-4,6,9H2,1-2H3,(H,22,25)(H,23,26);1-2H3;/q;;+1/p-1. The molecular weight excluding hydrogens is 421 g/mol. The Morgan fingerprint density at radius 1 is 1.23 bits per heavy atom. The number of nitrogens with zero attached hydrogens (tertiary/aromatic N) is 2. The van der Waals surface area contributed by atoms with Gasteiger partial charge in [-0.3, -0.25) is 14.6 Å². The zero-order valence-electron chi connectivity index (χ0n) is 18.7. The Balaban J connectivity index is 0.00000111. The number of rotatable bonds is 3. The molecule has 1 aromatic carbocycles. The molecule has 2 heterocycles. The molecule has 1 aliphatic rings. The second kappa shape index (κ2) is 11.1. The Morgan fingerprint density at radius 3 is 2.61 bits per heavy atom. The number of hydrogen-bond acceptors (Lipinski definition) is 5. The van der Waals surface area contributed by atoms with Crippen molar-refractivity contribution < 1.29 is 39.5 Å². The normalized spacial score (nSPS) is 12.1. The average Bonchev–Trinajstić information content (AvgIpc) is 3.19. The number of benzene rings is 1. The van der Waals surface area contributed by atoms with E-state index in [2.05, 4.69) is 10.3 Å². The summed E-state index contributed by atoms with van der Waals surface area (Å²) < 4.78 is 1.23. The second-order valence-electron chi connectivity index (χ2n) is 7.05. The molecule has 0 fully saturated rings. The van der Waals surface area contributed by atoms with Gasteiger partial charge in [0.25, 0.3) is 11.5 Å². The van der Waals surface area contributed by atoms with Gasteiger partial charge in [-0.2, -0.15) is 0 Å². The van der Waals surface area contributed by atoms with E-state index in [0.29, 0.717) is 16.9 Å². The Kier molecular flexibility index (Phi) is 9.06. The molecule has 0 spiro atoms. The van der Waals surface area contributed by atoms with Gasteiger partial charge in [-0.05, 0) is 55.9 Å². The smallest absolute Gasteiger partial charge is 0.855 e. The van der Waals surface area contributed by atoms with Crippen LogP contribution in [0.1, 0.15) is 52.4 Å². The number of fused-ring (bicyclic) bond motifs is 1. The van der Waals surface area contributed by atoms with E-state index < -0.39 is 11.4 Å². The van der Waals surface area contributed by atoms with Crippen LogP contribution in [0.15, 0.2) is 35.3 Å². The number of hydrogen-bond donors (Lipinski definition) is 1. The topological polar surface area (TPSA) is 87.0 Å². The first-order valence-electron chi connectivity index (χ1n) is 10.2. The van der Waals surface area contributed by atoms with Gasteiger partial charge in [-0.1, -0.05) is 26.0 Å². The van der Waals surface area contributed by atoms with E-state index >= 15 is 0 Å². The molecule has 1 amide bonds. The Morgan fingerprint density at radius 2 is 1.94 bits per heavy atom. The molecule has 0 aliphatic heterocycles. The van der Waals surface area contributed by atoms with Crippen molar-refractivity contribution in [3.63, 3.8) is 0 Å². The van der Waals surface area contributed by atoms with Crippen LogP contribution in [0.5, 0.6) is 5.88 Å². The average molecular weight is 448 g/mol. The van der Waals surface area contributed by atoms with Crippen LogP contribution in [0.3, 0.4) is 0 Å². The monoisotopic (exact) mass is 447 g/mol. The molecule has 6 nitrogen and oxygen atoms in total. The molecule has 0 atom stereocenters. The number of carbonyl (C=O) groups excluding carboxylic acids is 1. The minimum atomic E-state index is -0.794. The van der Waals surface area contributed by atoms with E-state index in [4.69, 9.17) is 0 Å². The minimum Gasteiger partial charge on any atom is -0.855 e. The van der Waals surface area contributed by atoms with E-state index in [1.807, 2.05) is 39.0 Å². The summed E-state index contributed by atoms with van der Waals surface area (Å²) in [5, 5.41) is 14.8. The molecule has 3 aromatic rings. The Hall–Kier alpha value is -1.93. The van der Waals surface area contributed by atoms with Crippen LogP contribution in [0.4, 0.5) is 5.69 Å². The molecule has 4 rings (SSSR count). The van der Waals surface area contributed by atoms with E-state index in [0.717, 1.165) is 23.3 Å². The van der Waals surface area contributed by atoms with Gasteiger partial charge in [0.1, 0.15) is 0 Å². The third-order valence-electron chi connectivity index (χ3n) is 5.12. The zero-order valence-corrected chi connectivity index (χ0v) is 21.6. The first-order chi connectivity index (χ1) is 14.4. The van der Waals surface area contributed by atoms with Gasteiger partial charge >= 0.3 is 29.6 Å². The minimum absolute atomic E-state index is 0. The van der Waals surface area contributed by atoms with Gasteiger partial charge in [0.2, 0.25) is 0 Å². The van der Waals surface area contributed by atoms with E-state index in [1.54, 1.807) is 17.4 Å². The maximum atomic E-state index is 12.8. The number of anilines is 1. The fraction of sp³-hybridized carbons (Fsp3) is 0.348. The fourth-order valence-electron chi connectivity index (χ4n) is 3.54. The molecule has 0 bridgehead atoms. The Bertz CT molecular complexity index is 1090. The largest absolute Gasteiger partial charge is 1.00 e. The summed E-state index contributed by atoms with van der Waals surface area (Å²) in [5.74, 6) is -0.921. The summed E-state index contributed by atoms with van der Waals surface area (Å²) >= 11 is 1.57. The van der Waals surface area contributed by atoms with Crippen molar-refractivity contribution >= 4 is 22.9 Å². The van der Waals surface area contributed by atoms with Crippen molar-refractivity contribution in [3.8, 4) is 17.1 Å². The number of nitrogens with one attached hydrogen (secondary N) is 1. The summed E-state index contributed by atoms with van der Waals surface area (Å²) in [5.41, 5.74) is 3.21. The number of amides is 1. The number of thiophene rings is 1. The third kappa shape index (κ3) is 5.47. The predicted octanol–water partition coefficient (Wildman–Crippen LogP) is 1.05. The molecule has 0 unspecified atom stereocenters. The van der Waals surface area contributed by atoms with Crippen molar-refractivity contribution in [1.29, 1.82) is 0 Å². The molecular formula is C23H26N3NaO3S.